The molecule has 1 aliphatic rings. The SMILES string of the molecule is CC(C)NCc1ccc(CN2CCCCCCC2)c(Br)c1. The van der Waals surface area contributed by atoms with Crippen molar-refractivity contribution in [3.05, 3.63) is 33.8 Å². The summed E-state index contributed by atoms with van der Waals surface area (Å²) in [4.78, 5) is 2.62. The minimum absolute atomic E-state index is 0.532. The third-order valence-electron chi connectivity index (χ3n) is 4.17. The van der Waals surface area contributed by atoms with Crippen LogP contribution in [0.4, 0.5) is 0 Å². The fourth-order valence-corrected chi connectivity index (χ4v) is 3.41. The Hall–Kier alpha value is -0.380. The highest BCUT2D eigenvalue weighted by Gasteiger charge is 2.11. The molecule has 1 saturated heterocycles. The Morgan fingerprint density at radius 1 is 1.10 bits per heavy atom. The van der Waals surface area contributed by atoms with E-state index in [9.17, 15) is 0 Å². The maximum absolute atomic E-state index is 3.76. The van der Waals surface area contributed by atoms with Crippen LogP contribution in [0.25, 0.3) is 0 Å². The lowest BCUT2D eigenvalue weighted by molar-refractivity contribution is 0.239. The van der Waals surface area contributed by atoms with E-state index in [1.54, 1.807) is 0 Å². The highest BCUT2D eigenvalue weighted by atomic mass is 79.9. The van der Waals surface area contributed by atoms with Gasteiger partial charge in [-0.25, -0.2) is 0 Å². The second-order valence-electron chi connectivity index (χ2n) is 6.51. The first-order chi connectivity index (χ1) is 10.1. The van der Waals surface area contributed by atoms with E-state index in [1.165, 1.54) is 60.8 Å². The third kappa shape index (κ3) is 6.09. The molecule has 1 N–H and O–H groups in total. The molecule has 0 unspecified atom stereocenters. The third-order valence-corrected chi connectivity index (χ3v) is 4.91. The van der Waals surface area contributed by atoms with Gasteiger partial charge in [-0.3, -0.25) is 4.90 Å². The minimum Gasteiger partial charge on any atom is -0.310 e. The van der Waals surface area contributed by atoms with Crippen LogP contribution in [-0.2, 0) is 13.1 Å². The van der Waals surface area contributed by atoms with Gasteiger partial charge >= 0.3 is 0 Å². The molecule has 0 bridgehead atoms. The lowest BCUT2D eigenvalue weighted by Gasteiger charge is -2.25. The van der Waals surface area contributed by atoms with Crippen LogP contribution < -0.4 is 5.32 Å². The van der Waals surface area contributed by atoms with Gasteiger partial charge in [-0.15, -0.1) is 0 Å². The number of nitrogens with one attached hydrogen (secondary N) is 1. The Balaban J connectivity index is 1.93. The largest absolute Gasteiger partial charge is 0.310 e. The van der Waals surface area contributed by atoms with Crippen LogP contribution in [0.3, 0.4) is 0 Å². The minimum atomic E-state index is 0.532. The fourth-order valence-electron chi connectivity index (χ4n) is 2.86. The molecule has 0 amide bonds. The second-order valence-corrected chi connectivity index (χ2v) is 7.36. The van der Waals surface area contributed by atoms with Crippen molar-refractivity contribution in [2.24, 2.45) is 0 Å². The number of halogens is 1. The maximum Gasteiger partial charge on any atom is 0.0244 e. The Morgan fingerprint density at radius 3 is 2.38 bits per heavy atom. The average molecular weight is 353 g/mol. The predicted molar refractivity (Wildman–Crippen MR) is 94.5 cm³/mol. The van der Waals surface area contributed by atoms with E-state index in [0.717, 1.165) is 13.1 Å². The van der Waals surface area contributed by atoms with Gasteiger partial charge in [0.25, 0.3) is 0 Å². The fraction of sp³-hybridized carbons (Fsp3) is 0.667. The first-order valence-electron chi connectivity index (χ1n) is 8.38. The predicted octanol–water partition coefficient (Wildman–Crippen LogP) is 4.71. The number of rotatable bonds is 5. The summed E-state index contributed by atoms with van der Waals surface area (Å²) < 4.78 is 1.26. The van der Waals surface area contributed by atoms with Gasteiger partial charge in [0.15, 0.2) is 0 Å². The van der Waals surface area contributed by atoms with Gasteiger partial charge in [0.05, 0.1) is 0 Å². The van der Waals surface area contributed by atoms with Crippen molar-refractivity contribution in [2.45, 2.75) is 65.1 Å². The zero-order chi connectivity index (χ0) is 15.1. The van der Waals surface area contributed by atoms with Crippen LogP contribution in [0.1, 0.15) is 57.1 Å². The molecule has 1 aliphatic heterocycles. The van der Waals surface area contributed by atoms with Crippen molar-refractivity contribution in [1.29, 1.82) is 0 Å². The van der Waals surface area contributed by atoms with Gasteiger partial charge in [0.1, 0.15) is 0 Å². The molecule has 0 atom stereocenters. The molecule has 118 valence electrons. The molecule has 3 heteroatoms. The number of hydrogen-bond acceptors (Lipinski definition) is 2. The summed E-state index contributed by atoms with van der Waals surface area (Å²) in [5.41, 5.74) is 2.77. The molecule has 0 spiro atoms. The van der Waals surface area contributed by atoms with Crippen LogP contribution in [0, 0.1) is 0 Å². The second kappa shape index (κ2) is 8.92. The molecular weight excluding hydrogens is 324 g/mol. The van der Waals surface area contributed by atoms with E-state index in [0.29, 0.717) is 6.04 Å². The number of hydrogen-bond donors (Lipinski definition) is 1. The molecule has 1 heterocycles. The Labute approximate surface area is 138 Å². The highest BCUT2D eigenvalue weighted by molar-refractivity contribution is 9.10. The van der Waals surface area contributed by atoms with Gasteiger partial charge < -0.3 is 5.32 Å². The molecular formula is C18H29BrN2. The number of likely N-dealkylation sites (tertiary alicyclic amines) is 1. The van der Waals surface area contributed by atoms with Crippen molar-refractivity contribution >= 4 is 15.9 Å². The molecule has 1 aromatic carbocycles. The molecule has 0 radical (unpaired) electrons. The Bertz CT molecular complexity index is 423. The van der Waals surface area contributed by atoms with Crippen LogP contribution in [0.2, 0.25) is 0 Å². The molecule has 1 aromatic rings. The van der Waals surface area contributed by atoms with Crippen LogP contribution in [0.15, 0.2) is 22.7 Å². The Morgan fingerprint density at radius 2 is 1.76 bits per heavy atom. The summed E-state index contributed by atoms with van der Waals surface area (Å²) in [5.74, 6) is 0. The van der Waals surface area contributed by atoms with Gasteiger partial charge in [0, 0.05) is 23.6 Å². The maximum atomic E-state index is 3.76. The summed E-state index contributed by atoms with van der Waals surface area (Å²) >= 11 is 3.76. The smallest absolute Gasteiger partial charge is 0.0244 e. The molecule has 0 saturated carbocycles. The van der Waals surface area contributed by atoms with Crippen LogP contribution in [0.5, 0.6) is 0 Å². The normalized spacial score (nSPS) is 17.7. The molecule has 21 heavy (non-hydrogen) atoms. The van der Waals surface area contributed by atoms with Crippen molar-refractivity contribution in [2.75, 3.05) is 13.1 Å². The summed E-state index contributed by atoms with van der Waals surface area (Å²) in [6, 6.07) is 7.36. The topological polar surface area (TPSA) is 15.3 Å². The highest BCUT2D eigenvalue weighted by Crippen LogP contribution is 2.22. The standard InChI is InChI=1S/C18H29BrN2/c1-15(2)20-13-16-8-9-17(18(19)12-16)14-21-10-6-4-3-5-7-11-21/h8-9,12,15,20H,3-7,10-11,13-14H2,1-2H3. The van der Waals surface area contributed by atoms with E-state index < -0.39 is 0 Å². The lowest BCUT2D eigenvalue weighted by atomic mass is 10.1. The monoisotopic (exact) mass is 352 g/mol. The van der Waals surface area contributed by atoms with E-state index in [-0.39, 0.29) is 0 Å². The van der Waals surface area contributed by atoms with E-state index in [1.807, 2.05) is 0 Å². The zero-order valence-electron chi connectivity index (χ0n) is 13.5. The number of benzene rings is 1. The first-order valence-corrected chi connectivity index (χ1v) is 9.17. The van der Waals surface area contributed by atoms with Crippen LogP contribution in [-0.4, -0.2) is 24.0 Å². The van der Waals surface area contributed by atoms with Crippen molar-refractivity contribution in [1.82, 2.24) is 10.2 Å². The summed E-state index contributed by atoms with van der Waals surface area (Å²) in [7, 11) is 0. The zero-order valence-corrected chi connectivity index (χ0v) is 15.1. The lowest BCUT2D eigenvalue weighted by Crippen LogP contribution is -2.27. The Kier molecular flexibility index (Phi) is 7.21. The van der Waals surface area contributed by atoms with Gasteiger partial charge in [-0.05, 0) is 43.1 Å². The molecule has 1 fully saturated rings. The first kappa shape index (κ1) is 17.0. The van der Waals surface area contributed by atoms with Gasteiger partial charge in [-0.1, -0.05) is 61.2 Å². The van der Waals surface area contributed by atoms with Crippen LogP contribution >= 0.6 is 15.9 Å². The summed E-state index contributed by atoms with van der Waals surface area (Å²) in [6.45, 7) is 8.90. The molecule has 2 rings (SSSR count). The van der Waals surface area contributed by atoms with E-state index >= 15 is 0 Å². The average Bonchev–Trinajstić information content (AvgIpc) is 2.41. The number of nitrogens with zero attached hydrogens (tertiary/aromatic N) is 1. The van der Waals surface area contributed by atoms with Crippen molar-refractivity contribution in [3.63, 3.8) is 0 Å². The quantitative estimate of drug-likeness (QED) is 0.824. The molecule has 2 nitrogen and oxygen atoms in total. The summed E-state index contributed by atoms with van der Waals surface area (Å²) in [5, 5.41) is 3.47. The van der Waals surface area contributed by atoms with Crippen molar-refractivity contribution < 1.29 is 0 Å². The summed E-state index contributed by atoms with van der Waals surface area (Å²) in [6.07, 6.45) is 6.94. The van der Waals surface area contributed by atoms with E-state index in [2.05, 4.69) is 58.2 Å². The molecule has 0 aliphatic carbocycles. The molecule has 0 aromatic heterocycles. The van der Waals surface area contributed by atoms with Gasteiger partial charge in [0.2, 0.25) is 0 Å². The van der Waals surface area contributed by atoms with Crippen molar-refractivity contribution in [3.8, 4) is 0 Å². The van der Waals surface area contributed by atoms with Gasteiger partial charge in [-0.2, -0.15) is 0 Å². The van der Waals surface area contributed by atoms with E-state index in [4.69, 9.17) is 0 Å².